The van der Waals surface area contributed by atoms with Crippen LogP contribution in [0.5, 0.6) is 5.75 Å². The predicted octanol–water partition coefficient (Wildman–Crippen LogP) is 5.35. The molecule has 0 atom stereocenters. The molecule has 10 heteroatoms. The summed E-state index contributed by atoms with van der Waals surface area (Å²) in [5, 5.41) is 7.83. The molecule has 0 saturated carbocycles. The first-order chi connectivity index (χ1) is 17.5. The molecule has 2 aliphatic heterocycles. The minimum atomic E-state index is -0.552. The van der Waals surface area contributed by atoms with Crippen LogP contribution in [0.2, 0.25) is 5.02 Å². The number of ether oxygens (including phenoxy) is 2. The van der Waals surface area contributed by atoms with E-state index >= 15 is 0 Å². The average Bonchev–Trinajstić information content (AvgIpc) is 3.25. The van der Waals surface area contributed by atoms with Crippen LogP contribution in [0.25, 0.3) is 5.69 Å². The number of morpholine rings is 1. The number of hydrogen-bond acceptors (Lipinski definition) is 6. The van der Waals surface area contributed by atoms with E-state index in [0.29, 0.717) is 22.5 Å². The van der Waals surface area contributed by atoms with Crippen molar-refractivity contribution >= 4 is 51.7 Å². The van der Waals surface area contributed by atoms with Gasteiger partial charge in [-0.05, 0) is 84.8 Å². The fourth-order valence-electron chi connectivity index (χ4n) is 4.84. The molecule has 3 heterocycles. The number of carbonyl (C=O) groups is 1. The molecule has 2 aliphatic rings. The summed E-state index contributed by atoms with van der Waals surface area (Å²) in [6.07, 6.45) is 3.30. The molecule has 190 valence electrons. The summed E-state index contributed by atoms with van der Waals surface area (Å²) in [7, 11) is 0. The van der Waals surface area contributed by atoms with Gasteiger partial charge in [-0.1, -0.05) is 11.6 Å². The number of hydrogen-bond donors (Lipinski definition) is 1. The number of aromatic nitrogens is 2. The zero-order valence-electron chi connectivity index (χ0n) is 20.1. The molecule has 2 saturated heterocycles. The number of halogens is 2. The molecule has 0 unspecified atom stereocenters. The average molecular weight is 622 g/mol. The molecule has 0 bridgehead atoms. The molecule has 1 aromatic heterocycles. The van der Waals surface area contributed by atoms with E-state index in [1.54, 1.807) is 16.8 Å². The Kier molecular flexibility index (Phi) is 8.00. The van der Waals surface area contributed by atoms with Crippen LogP contribution in [-0.2, 0) is 4.74 Å². The molecular weight excluding hydrogens is 593 g/mol. The maximum Gasteiger partial charge on any atom is 0.417 e. The summed E-state index contributed by atoms with van der Waals surface area (Å²) in [5.74, 6) is 0.400. The first-order valence-electron chi connectivity index (χ1n) is 12.1. The van der Waals surface area contributed by atoms with Crippen molar-refractivity contribution in [3.63, 3.8) is 0 Å². The topological polar surface area (TPSA) is 71.9 Å². The van der Waals surface area contributed by atoms with Crippen LogP contribution >= 0.6 is 34.2 Å². The Labute approximate surface area is 229 Å². The van der Waals surface area contributed by atoms with Gasteiger partial charge in [0.15, 0.2) is 5.75 Å². The van der Waals surface area contributed by atoms with Gasteiger partial charge >= 0.3 is 6.09 Å². The predicted molar refractivity (Wildman–Crippen MR) is 150 cm³/mol. The summed E-state index contributed by atoms with van der Waals surface area (Å²) in [5.41, 5.74) is 3.46. The number of benzene rings is 2. The lowest BCUT2D eigenvalue weighted by atomic mass is 10.0. The van der Waals surface area contributed by atoms with Crippen LogP contribution in [0.15, 0.2) is 48.7 Å². The standard InChI is InChI=1S/C26H29ClIN5O3/c1-18-25(17-29-33(18)22-5-2-19(27)3-6-22)36-26(34)30-20-4-7-24(23(28)16-20)32-10-8-21(9-11-32)31-12-14-35-15-13-31/h2-7,16-17,21H,8-15H2,1H3,(H,30,34). The van der Waals surface area contributed by atoms with Gasteiger partial charge in [-0.25, -0.2) is 9.48 Å². The molecule has 3 aromatic rings. The van der Waals surface area contributed by atoms with E-state index in [2.05, 4.69) is 48.9 Å². The van der Waals surface area contributed by atoms with E-state index in [-0.39, 0.29) is 0 Å². The molecule has 0 spiro atoms. The molecule has 5 rings (SSSR count). The van der Waals surface area contributed by atoms with E-state index < -0.39 is 6.09 Å². The second-order valence-corrected chi connectivity index (χ2v) is 10.6. The summed E-state index contributed by atoms with van der Waals surface area (Å²) >= 11 is 8.32. The van der Waals surface area contributed by atoms with Crippen molar-refractivity contribution in [2.24, 2.45) is 0 Å². The van der Waals surface area contributed by atoms with Crippen LogP contribution in [0.3, 0.4) is 0 Å². The van der Waals surface area contributed by atoms with Gasteiger partial charge in [0.2, 0.25) is 0 Å². The molecule has 1 N–H and O–H groups in total. The second-order valence-electron chi connectivity index (χ2n) is 9.03. The van der Waals surface area contributed by atoms with Crippen molar-refractivity contribution in [2.75, 3.05) is 49.6 Å². The van der Waals surface area contributed by atoms with Crippen LogP contribution < -0.4 is 15.0 Å². The van der Waals surface area contributed by atoms with Crippen LogP contribution in [0, 0.1) is 10.5 Å². The molecule has 0 radical (unpaired) electrons. The highest BCUT2D eigenvalue weighted by Gasteiger charge is 2.26. The third-order valence-electron chi connectivity index (χ3n) is 6.80. The van der Waals surface area contributed by atoms with E-state index in [1.807, 2.05) is 31.2 Å². The van der Waals surface area contributed by atoms with E-state index in [4.69, 9.17) is 21.1 Å². The third-order valence-corrected chi connectivity index (χ3v) is 7.92. The number of amides is 1. The maximum atomic E-state index is 12.6. The molecule has 0 aliphatic carbocycles. The smallest absolute Gasteiger partial charge is 0.406 e. The van der Waals surface area contributed by atoms with Crippen molar-refractivity contribution in [1.29, 1.82) is 0 Å². The summed E-state index contributed by atoms with van der Waals surface area (Å²) in [6, 6.07) is 13.9. The van der Waals surface area contributed by atoms with Gasteiger partial charge in [0.1, 0.15) is 0 Å². The Morgan fingerprint density at radius 3 is 2.53 bits per heavy atom. The van der Waals surface area contributed by atoms with Gasteiger partial charge in [0.25, 0.3) is 0 Å². The van der Waals surface area contributed by atoms with Gasteiger partial charge in [-0.2, -0.15) is 5.10 Å². The largest absolute Gasteiger partial charge is 0.417 e. The normalized spacial score (nSPS) is 17.2. The minimum absolute atomic E-state index is 0.400. The van der Waals surface area contributed by atoms with Crippen molar-refractivity contribution in [3.8, 4) is 11.4 Å². The Morgan fingerprint density at radius 2 is 1.83 bits per heavy atom. The summed E-state index contributed by atoms with van der Waals surface area (Å²) < 4.78 is 13.8. The number of piperidine rings is 1. The van der Waals surface area contributed by atoms with E-state index in [0.717, 1.165) is 67.2 Å². The lowest BCUT2D eigenvalue weighted by Crippen LogP contribution is -2.49. The van der Waals surface area contributed by atoms with Crippen LogP contribution in [-0.4, -0.2) is 66.2 Å². The van der Waals surface area contributed by atoms with E-state index in [1.165, 1.54) is 11.9 Å². The first-order valence-corrected chi connectivity index (χ1v) is 13.6. The summed E-state index contributed by atoms with van der Waals surface area (Å²) in [4.78, 5) is 17.6. The highest BCUT2D eigenvalue weighted by atomic mass is 127. The van der Waals surface area contributed by atoms with Crippen molar-refractivity contribution < 1.29 is 14.3 Å². The van der Waals surface area contributed by atoms with Crippen molar-refractivity contribution in [1.82, 2.24) is 14.7 Å². The lowest BCUT2D eigenvalue weighted by molar-refractivity contribution is 0.0115. The summed E-state index contributed by atoms with van der Waals surface area (Å²) in [6.45, 7) is 7.69. The Hall–Kier alpha value is -2.34. The molecule has 36 heavy (non-hydrogen) atoms. The number of anilines is 2. The second kappa shape index (κ2) is 11.4. The highest BCUT2D eigenvalue weighted by molar-refractivity contribution is 14.1. The highest BCUT2D eigenvalue weighted by Crippen LogP contribution is 2.30. The lowest BCUT2D eigenvalue weighted by Gasteiger charge is -2.41. The Morgan fingerprint density at radius 1 is 1.11 bits per heavy atom. The number of rotatable bonds is 5. The quantitative estimate of drug-likeness (QED) is 0.388. The number of nitrogens with zero attached hydrogens (tertiary/aromatic N) is 4. The number of carbonyl (C=O) groups excluding carboxylic acids is 1. The van der Waals surface area contributed by atoms with Gasteiger partial charge in [-0.3, -0.25) is 10.2 Å². The number of nitrogens with one attached hydrogen (secondary N) is 1. The van der Waals surface area contributed by atoms with Gasteiger partial charge < -0.3 is 14.4 Å². The monoisotopic (exact) mass is 621 g/mol. The molecule has 2 fully saturated rings. The van der Waals surface area contributed by atoms with Crippen LogP contribution in [0.1, 0.15) is 18.5 Å². The third kappa shape index (κ3) is 5.80. The van der Waals surface area contributed by atoms with Crippen LogP contribution in [0.4, 0.5) is 16.2 Å². The Bertz CT molecular complexity index is 1200. The fraction of sp³-hybridized carbons (Fsp3) is 0.385. The zero-order valence-corrected chi connectivity index (χ0v) is 23.0. The van der Waals surface area contributed by atoms with Gasteiger partial charge in [0.05, 0.1) is 36.5 Å². The van der Waals surface area contributed by atoms with Gasteiger partial charge in [0, 0.05) is 46.5 Å². The van der Waals surface area contributed by atoms with Crippen molar-refractivity contribution in [3.05, 3.63) is 62.9 Å². The van der Waals surface area contributed by atoms with Gasteiger partial charge in [-0.15, -0.1) is 0 Å². The molecule has 1 amide bonds. The molecular formula is C26H29ClIN5O3. The molecule has 8 nitrogen and oxygen atoms in total. The SMILES string of the molecule is Cc1c(OC(=O)Nc2ccc(N3CCC(N4CCOCC4)CC3)c(I)c2)cnn1-c1ccc(Cl)cc1. The van der Waals surface area contributed by atoms with E-state index in [9.17, 15) is 4.79 Å². The fourth-order valence-corrected chi connectivity index (χ4v) is 5.82. The maximum absolute atomic E-state index is 12.6. The Balaban J connectivity index is 1.17. The zero-order chi connectivity index (χ0) is 25.1. The minimum Gasteiger partial charge on any atom is -0.406 e. The van der Waals surface area contributed by atoms with Crippen molar-refractivity contribution in [2.45, 2.75) is 25.8 Å². The first kappa shape index (κ1) is 25.3. The molecule has 2 aromatic carbocycles.